The maximum Gasteiger partial charge on any atom is 0.416 e. The second-order valence-electron chi connectivity index (χ2n) is 4.57. The molecule has 2 rings (SSSR count). The number of anilines is 1. The minimum absolute atomic E-state index is 0.220. The van der Waals surface area contributed by atoms with E-state index in [-0.39, 0.29) is 11.5 Å². The summed E-state index contributed by atoms with van der Waals surface area (Å²) in [7, 11) is 1.51. The van der Waals surface area contributed by atoms with Gasteiger partial charge < -0.3 is 10.1 Å². The summed E-state index contributed by atoms with van der Waals surface area (Å²) in [5.41, 5.74) is -0.523. The number of aromatic nitrogens is 2. The van der Waals surface area contributed by atoms with Crippen molar-refractivity contribution in [3.8, 4) is 5.69 Å². The monoisotopic (exact) mass is 328 g/mol. The van der Waals surface area contributed by atoms with E-state index in [1.807, 2.05) is 0 Å². The van der Waals surface area contributed by atoms with Crippen LogP contribution in [0.3, 0.4) is 0 Å². The molecule has 1 heterocycles. The van der Waals surface area contributed by atoms with E-state index in [1.54, 1.807) is 0 Å². The minimum atomic E-state index is -4.43. The molecule has 2 N–H and O–H groups in total. The third-order valence-electron chi connectivity index (χ3n) is 2.86. The van der Waals surface area contributed by atoms with E-state index < -0.39 is 17.8 Å². The first-order chi connectivity index (χ1) is 10.9. The number of carbonyl (C=O) groups excluding carboxylic acids is 1. The zero-order valence-corrected chi connectivity index (χ0v) is 12.2. The standard InChI is InChI=1S/C14H15F3N4O2/c1-23-8-6-18-13(22)19-12-5-7-21(20-12)11-4-2-3-10(9-11)14(15,16)17/h2-5,7,9H,6,8H2,1H3,(H2,18,19,20,22). The molecule has 1 aromatic carbocycles. The first kappa shape index (κ1) is 16.8. The number of rotatable bonds is 5. The fourth-order valence-electron chi connectivity index (χ4n) is 1.79. The molecule has 23 heavy (non-hydrogen) atoms. The molecule has 1 aromatic heterocycles. The van der Waals surface area contributed by atoms with Crippen molar-refractivity contribution in [1.29, 1.82) is 0 Å². The van der Waals surface area contributed by atoms with Gasteiger partial charge in [0.1, 0.15) is 0 Å². The number of nitrogens with one attached hydrogen (secondary N) is 2. The molecule has 2 aromatic rings. The first-order valence-electron chi connectivity index (χ1n) is 6.67. The summed E-state index contributed by atoms with van der Waals surface area (Å²) >= 11 is 0. The summed E-state index contributed by atoms with van der Waals surface area (Å²) in [6.07, 6.45) is -2.97. The minimum Gasteiger partial charge on any atom is -0.383 e. The van der Waals surface area contributed by atoms with Crippen molar-refractivity contribution in [3.05, 3.63) is 42.1 Å². The highest BCUT2D eigenvalue weighted by Crippen LogP contribution is 2.30. The molecule has 9 heteroatoms. The molecule has 6 nitrogen and oxygen atoms in total. The molecule has 0 aliphatic rings. The lowest BCUT2D eigenvalue weighted by molar-refractivity contribution is -0.137. The van der Waals surface area contributed by atoms with Gasteiger partial charge in [-0.3, -0.25) is 5.32 Å². The van der Waals surface area contributed by atoms with Crippen molar-refractivity contribution in [1.82, 2.24) is 15.1 Å². The van der Waals surface area contributed by atoms with Crippen LogP contribution in [-0.2, 0) is 10.9 Å². The summed E-state index contributed by atoms with van der Waals surface area (Å²) < 4.78 is 44.1. The van der Waals surface area contributed by atoms with E-state index in [0.717, 1.165) is 12.1 Å². The van der Waals surface area contributed by atoms with E-state index in [2.05, 4.69) is 15.7 Å². The number of amides is 2. The Kier molecular flexibility index (Phi) is 5.22. The molecule has 0 unspecified atom stereocenters. The van der Waals surface area contributed by atoms with Gasteiger partial charge in [-0.15, -0.1) is 5.10 Å². The Hall–Kier alpha value is -2.55. The average Bonchev–Trinajstić information content (AvgIpc) is 2.95. The summed E-state index contributed by atoms with van der Waals surface area (Å²) in [6.45, 7) is 0.697. The fourth-order valence-corrected chi connectivity index (χ4v) is 1.79. The highest BCUT2D eigenvalue weighted by molar-refractivity contribution is 5.88. The van der Waals surface area contributed by atoms with Crippen molar-refractivity contribution in [3.63, 3.8) is 0 Å². The first-order valence-corrected chi connectivity index (χ1v) is 6.67. The van der Waals surface area contributed by atoms with Gasteiger partial charge in [0, 0.05) is 25.9 Å². The van der Waals surface area contributed by atoms with Crippen LogP contribution < -0.4 is 10.6 Å². The summed E-state index contributed by atoms with van der Waals surface area (Å²) in [5, 5.41) is 9.03. The third-order valence-corrected chi connectivity index (χ3v) is 2.86. The Morgan fingerprint density at radius 1 is 1.35 bits per heavy atom. The van der Waals surface area contributed by atoms with Crippen LogP contribution in [0.2, 0.25) is 0 Å². The second kappa shape index (κ2) is 7.14. The molecule has 0 spiro atoms. The lowest BCUT2D eigenvalue weighted by atomic mass is 10.2. The van der Waals surface area contributed by atoms with Crippen molar-refractivity contribution < 1.29 is 22.7 Å². The van der Waals surface area contributed by atoms with Gasteiger partial charge in [0.05, 0.1) is 17.9 Å². The average molecular weight is 328 g/mol. The molecule has 0 fully saturated rings. The Bertz CT molecular complexity index is 670. The van der Waals surface area contributed by atoms with Gasteiger partial charge in [0.15, 0.2) is 5.82 Å². The van der Waals surface area contributed by atoms with Gasteiger partial charge in [0.25, 0.3) is 0 Å². The van der Waals surface area contributed by atoms with Crippen LogP contribution in [0.5, 0.6) is 0 Å². The van der Waals surface area contributed by atoms with Crippen molar-refractivity contribution >= 4 is 11.8 Å². The number of nitrogens with zero attached hydrogens (tertiary/aromatic N) is 2. The van der Waals surface area contributed by atoms with Crippen molar-refractivity contribution in [2.45, 2.75) is 6.18 Å². The predicted octanol–water partition coefficient (Wildman–Crippen LogP) is 2.66. The van der Waals surface area contributed by atoms with Crippen LogP contribution in [0.4, 0.5) is 23.8 Å². The molecule has 0 bridgehead atoms. The normalized spacial score (nSPS) is 11.3. The third kappa shape index (κ3) is 4.71. The van der Waals surface area contributed by atoms with Gasteiger partial charge in [-0.25, -0.2) is 9.48 Å². The van der Waals surface area contributed by atoms with Gasteiger partial charge in [-0.1, -0.05) is 6.07 Å². The Morgan fingerprint density at radius 2 is 2.13 bits per heavy atom. The SMILES string of the molecule is COCCNC(=O)Nc1ccn(-c2cccc(C(F)(F)F)c2)n1. The van der Waals surface area contributed by atoms with Crippen LogP contribution in [0, 0.1) is 0 Å². The molecule has 0 saturated carbocycles. The maximum atomic E-state index is 12.7. The molecule has 2 amide bonds. The van der Waals surface area contributed by atoms with Gasteiger partial charge >= 0.3 is 12.2 Å². The summed E-state index contributed by atoms with van der Waals surface area (Å²) in [4.78, 5) is 11.5. The molecule has 0 saturated heterocycles. The number of alkyl halides is 3. The number of methoxy groups -OCH3 is 1. The largest absolute Gasteiger partial charge is 0.416 e. The van der Waals surface area contributed by atoms with Crippen molar-refractivity contribution in [2.75, 3.05) is 25.6 Å². The maximum absolute atomic E-state index is 12.7. The number of carbonyl (C=O) groups is 1. The van der Waals surface area contributed by atoms with Crippen molar-refractivity contribution in [2.24, 2.45) is 0 Å². The zero-order chi connectivity index (χ0) is 16.9. The topological polar surface area (TPSA) is 68.2 Å². The van der Waals surface area contributed by atoms with E-state index >= 15 is 0 Å². The fraction of sp³-hybridized carbons (Fsp3) is 0.286. The Balaban J connectivity index is 2.06. The summed E-state index contributed by atoms with van der Waals surface area (Å²) in [5.74, 6) is 0.220. The van der Waals surface area contributed by atoms with Crippen LogP contribution in [-0.4, -0.2) is 36.1 Å². The van der Waals surface area contributed by atoms with E-state index in [4.69, 9.17) is 4.74 Å². The molecular formula is C14H15F3N4O2. The number of benzene rings is 1. The van der Waals surface area contributed by atoms with Crippen LogP contribution in [0.1, 0.15) is 5.56 Å². The van der Waals surface area contributed by atoms with Gasteiger partial charge in [-0.2, -0.15) is 13.2 Å². The molecule has 0 atom stereocenters. The molecule has 0 aliphatic carbocycles. The summed E-state index contributed by atoms with van der Waals surface area (Å²) in [6, 6.07) is 5.76. The quantitative estimate of drug-likeness (QED) is 0.829. The number of ether oxygens (including phenoxy) is 1. The lowest BCUT2D eigenvalue weighted by Crippen LogP contribution is -2.31. The van der Waals surface area contributed by atoms with Gasteiger partial charge in [-0.05, 0) is 18.2 Å². The van der Waals surface area contributed by atoms with Crippen LogP contribution in [0.15, 0.2) is 36.5 Å². The van der Waals surface area contributed by atoms with E-state index in [9.17, 15) is 18.0 Å². The molecule has 0 radical (unpaired) electrons. The Labute approximate surface area is 130 Å². The zero-order valence-electron chi connectivity index (χ0n) is 12.2. The predicted molar refractivity (Wildman–Crippen MR) is 77.5 cm³/mol. The van der Waals surface area contributed by atoms with Gasteiger partial charge in [0.2, 0.25) is 0 Å². The molecule has 124 valence electrons. The Morgan fingerprint density at radius 3 is 2.83 bits per heavy atom. The van der Waals surface area contributed by atoms with Crippen LogP contribution in [0.25, 0.3) is 5.69 Å². The second-order valence-corrected chi connectivity index (χ2v) is 4.57. The lowest BCUT2D eigenvalue weighted by Gasteiger charge is -2.08. The smallest absolute Gasteiger partial charge is 0.383 e. The number of urea groups is 1. The number of hydrogen-bond acceptors (Lipinski definition) is 3. The van der Waals surface area contributed by atoms with Crippen LogP contribution >= 0.6 is 0 Å². The molecular weight excluding hydrogens is 313 g/mol. The number of halogens is 3. The highest BCUT2D eigenvalue weighted by Gasteiger charge is 2.30. The number of hydrogen-bond donors (Lipinski definition) is 2. The van der Waals surface area contributed by atoms with E-state index in [1.165, 1.54) is 36.2 Å². The molecule has 0 aliphatic heterocycles. The highest BCUT2D eigenvalue weighted by atomic mass is 19.4. The van der Waals surface area contributed by atoms with E-state index in [0.29, 0.717) is 13.2 Å².